The fraction of sp³-hybridized carbons (Fsp3) is 0.400. The second-order valence-corrected chi connectivity index (χ2v) is 2.75. The van der Waals surface area contributed by atoms with Crippen LogP contribution in [0.2, 0.25) is 0 Å². The van der Waals surface area contributed by atoms with E-state index in [4.69, 9.17) is 0 Å². The minimum atomic E-state index is -0.259. The quantitative estimate of drug-likeness (QED) is 0.313. The summed E-state index contributed by atoms with van der Waals surface area (Å²) >= 11 is 0. The summed E-state index contributed by atoms with van der Waals surface area (Å²) in [4.78, 5) is 14.9. The van der Waals surface area contributed by atoms with Crippen LogP contribution in [0.15, 0.2) is 28.6 Å². The molecule has 0 aromatic heterocycles. The van der Waals surface area contributed by atoms with E-state index in [0.717, 1.165) is 6.42 Å². The highest BCUT2D eigenvalue weighted by Crippen LogP contribution is 2.11. The first-order valence-electron chi connectivity index (χ1n) is 4.13. The van der Waals surface area contributed by atoms with Crippen LogP contribution < -0.4 is 0 Å². The average Bonchev–Trinajstić information content (AvgIpc) is 2.04. The van der Waals surface area contributed by atoms with Gasteiger partial charge in [0.2, 0.25) is 0 Å². The molecule has 72 valence electrons. The largest absolute Gasteiger partial charge is 0.505 e. The van der Waals surface area contributed by atoms with Gasteiger partial charge in [0, 0.05) is 13.1 Å². The van der Waals surface area contributed by atoms with Crippen molar-refractivity contribution in [2.75, 3.05) is 0 Å². The Balaban J connectivity index is 5.00. The number of aliphatic hydroxyl groups excluding tert-OH is 1. The molecule has 0 saturated heterocycles. The van der Waals surface area contributed by atoms with E-state index in [1.54, 1.807) is 13.1 Å². The van der Waals surface area contributed by atoms with Crippen LogP contribution in [0.25, 0.3) is 0 Å². The molecule has 0 unspecified atom stereocenters. The molecule has 0 fully saturated rings. The van der Waals surface area contributed by atoms with Crippen LogP contribution >= 0.6 is 0 Å². The Kier molecular flexibility index (Phi) is 4.74. The maximum atomic E-state index is 11.0. The lowest BCUT2D eigenvalue weighted by Gasteiger charge is -2.01. The molecule has 0 amide bonds. The number of carbonyl (C=O) groups is 1. The molecule has 0 saturated carbocycles. The lowest BCUT2D eigenvalue weighted by molar-refractivity contribution is -0.113. The summed E-state index contributed by atoms with van der Waals surface area (Å²) in [5.41, 5.74) is 0.521. The monoisotopic (exact) mass is 181 g/mol. The number of rotatable bonds is 4. The summed E-state index contributed by atoms with van der Waals surface area (Å²) in [6, 6.07) is 0. The van der Waals surface area contributed by atoms with E-state index in [2.05, 4.69) is 11.6 Å². The normalized spacial score (nSPS) is 12.8. The summed E-state index contributed by atoms with van der Waals surface area (Å²) in [6.45, 7) is 8.42. The zero-order valence-corrected chi connectivity index (χ0v) is 8.29. The van der Waals surface area contributed by atoms with Crippen LogP contribution in [0.1, 0.15) is 27.2 Å². The molecule has 0 aromatic rings. The third-order valence-electron chi connectivity index (χ3n) is 1.36. The van der Waals surface area contributed by atoms with Crippen molar-refractivity contribution in [2.24, 2.45) is 4.99 Å². The van der Waals surface area contributed by atoms with Gasteiger partial charge in [0.05, 0.1) is 0 Å². The SMILES string of the molecule is C=C(C)/C(O)=C(\N=CCC)C(C)=O. The van der Waals surface area contributed by atoms with Crippen LogP contribution in [0.4, 0.5) is 0 Å². The molecule has 0 spiro atoms. The van der Waals surface area contributed by atoms with Crippen LogP contribution in [-0.4, -0.2) is 17.1 Å². The number of carbonyl (C=O) groups excluding carboxylic acids is 1. The van der Waals surface area contributed by atoms with Crippen molar-refractivity contribution in [1.29, 1.82) is 0 Å². The molecule has 0 aliphatic heterocycles. The van der Waals surface area contributed by atoms with Gasteiger partial charge in [0.25, 0.3) is 0 Å². The molecular formula is C10H15NO2. The fourth-order valence-electron chi connectivity index (χ4n) is 0.703. The Morgan fingerprint density at radius 3 is 2.38 bits per heavy atom. The first-order chi connectivity index (χ1) is 6.00. The first-order valence-corrected chi connectivity index (χ1v) is 4.13. The summed E-state index contributed by atoms with van der Waals surface area (Å²) in [7, 11) is 0. The molecule has 0 aliphatic rings. The van der Waals surface area contributed by atoms with Crippen molar-refractivity contribution in [1.82, 2.24) is 0 Å². The van der Waals surface area contributed by atoms with Crippen molar-refractivity contribution in [3.05, 3.63) is 23.6 Å². The molecule has 0 bridgehead atoms. The number of hydrogen-bond donors (Lipinski definition) is 1. The van der Waals surface area contributed by atoms with E-state index in [0.29, 0.717) is 5.57 Å². The van der Waals surface area contributed by atoms with Gasteiger partial charge in [-0.05, 0) is 18.9 Å². The lowest BCUT2D eigenvalue weighted by atomic mass is 10.2. The topological polar surface area (TPSA) is 49.7 Å². The van der Waals surface area contributed by atoms with Crippen molar-refractivity contribution < 1.29 is 9.90 Å². The van der Waals surface area contributed by atoms with Crippen LogP contribution in [0.3, 0.4) is 0 Å². The second-order valence-electron chi connectivity index (χ2n) is 2.75. The van der Waals surface area contributed by atoms with Gasteiger partial charge < -0.3 is 5.11 Å². The van der Waals surface area contributed by atoms with Crippen LogP contribution in [-0.2, 0) is 4.79 Å². The van der Waals surface area contributed by atoms with Crippen molar-refractivity contribution in [3.8, 4) is 0 Å². The van der Waals surface area contributed by atoms with E-state index in [-0.39, 0.29) is 17.2 Å². The van der Waals surface area contributed by atoms with E-state index in [9.17, 15) is 9.90 Å². The Bertz CT molecular complexity index is 275. The van der Waals surface area contributed by atoms with E-state index in [1.165, 1.54) is 6.92 Å². The number of aliphatic hydroxyl groups is 1. The van der Waals surface area contributed by atoms with Crippen molar-refractivity contribution in [2.45, 2.75) is 27.2 Å². The molecule has 0 aromatic carbocycles. The van der Waals surface area contributed by atoms with Crippen LogP contribution in [0.5, 0.6) is 0 Å². The molecule has 0 heterocycles. The van der Waals surface area contributed by atoms with E-state index >= 15 is 0 Å². The highest BCUT2D eigenvalue weighted by atomic mass is 16.3. The van der Waals surface area contributed by atoms with Crippen molar-refractivity contribution >= 4 is 12.0 Å². The summed E-state index contributed by atoms with van der Waals surface area (Å²) in [5, 5.41) is 9.43. The second kappa shape index (κ2) is 5.30. The first kappa shape index (κ1) is 11.6. The van der Waals surface area contributed by atoms with Gasteiger partial charge in [-0.15, -0.1) is 0 Å². The number of ketones is 1. The zero-order chi connectivity index (χ0) is 10.4. The molecule has 13 heavy (non-hydrogen) atoms. The van der Waals surface area contributed by atoms with E-state index < -0.39 is 0 Å². The Morgan fingerprint density at radius 2 is 2.08 bits per heavy atom. The summed E-state index contributed by atoms with van der Waals surface area (Å²) < 4.78 is 0. The number of allylic oxidation sites excluding steroid dienone is 2. The predicted octanol–water partition coefficient (Wildman–Crippen LogP) is 2.40. The van der Waals surface area contributed by atoms with Gasteiger partial charge in [-0.2, -0.15) is 0 Å². The average molecular weight is 181 g/mol. The minimum absolute atomic E-state index is 0.0781. The van der Waals surface area contributed by atoms with Crippen LogP contribution in [0, 0.1) is 0 Å². The summed E-state index contributed by atoms with van der Waals surface area (Å²) in [6.07, 6.45) is 2.30. The van der Waals surface area contributed by atoms with Gasteiger partial charge in [-0.1, -0.05) is 13.5 Å². The number of hydrogen-bond acceptors (Lipinski definition) is 3. The Labute approximate surface area is 78.5 Å². The molecule has 1 N–H and O–H groups in total. The Hall–Kier alpha value is -1.38. The molecular weight excluding hydrogens is 166 g/mol. The van der Waals surface area contributed by atoms with Gasteiger partial charge in [0.1, 0.15) is 11.5 Å². The molecule has 3 nitrogen and oxygen atoms in total. The van der Waals surface area contributed by atoms with Gasteiger partial charge in [0.15, 0.2) is 5.78 Å². The number of aliphatic imine (C=N–C) groups is 1. The van der Waals surface area contributed by atoms with E-state index in [1.807, 2.05) is 6.92 Å². The fourth-order valence-corrected chi connectivity index (χ4v) is 0.703. The zero-order valence-electron chi connectivity index (χ0n) is 8.29. The van der Waals surface area contributed by atoms with Crippen molar-refractivity contribution in [3.63, 3.8) is 0 Å². The maximum absolute atomic E-state index is 11.0. The maximum Gasteiger partial charge on any atom is 0.181 e. The molecule has 0 rings (SSSR count). The number of Topliss-reactive ketones (excluding diaryl/α,β-unsaturated/α-hetero) is 1. The summed E-state index contributed by atoms with van der Waals surface area (Å²) in [5.74, 6) is -0.387. The standard InChI is InChI=1S/C10H15NO2/c1-5-6-11-9(8(4)12)10(13)7(2)3/h6,13H,2,5H2,1,3-4H3/b10-9+,11-6?. The highest BCUT2D eigenvalue weighted by Gasteiger charge is 2.09. The molecule has 0 atom stereocenters. The van der Waals surface area contributed by atoms with Gasteiger partial charge in [-0.25, -0.2) is 0 Å². The third kappa shape index (κ3) is 3.69. The number of nitrogens with zero attached hydrogens (tertiary/aromatic N) is 1. The lowest BCUT2D eigenvalue weighted by Crippen LogP contribution is -2.00. The Morgan fingerprint density at radius 1 is 1.54 bits per heavy atom. The molecule has 0 radical (unpaired) electrons. The third-order valence-corrected chi connectivity index (χ3v) is 1.36. The highest BCUT2D eigenvalue weighted by molar-refractivity contribution is 5.95. The minimum Gasteiger partial charge on any atom is -0.505 e. The molecule has 0 aliphatic carbocycles. The smallest absolute Gasteiger partial charge is 0.181 e. The predicted molar refractivity (Wildman–Crippen MR) is 53.9 cm³/mol. The van der Waals surface area contributed by atoms with Gasteiger partial charge in [-0.3, -0.25) is 9.79 Å². The van der Waals surface area contributed by atoms with Gasteiger partial charge >= 0.3 is 0 Å². The molecule has 3 heteroatoms.